The van der Waals surface area contributed by atoms with E-state index in [9.17, 15) is 15.3 Å². The molecule has 2 aromatic carbocycles. The highest BCUT2D eigenvalue weighted by atomic mass is 16.6. The van der Waals surface area contributed by atoms with E-state index < -0.39 is 0 Å². The van der Waals surface area contributed by atoms with Gasteiger partial charge in [-0.1, -0.05) is 36.4 Å². The molecule has 136 valence electrons. The van der Waals surface area contributed by atoms with Crippen molar-refractivity contribution in [2.24, 2.45) is 5.92 Å². The minimum absolute atomic E-state index is 0.0198. The molecule has 0 atom stereocenters. The quantitative estimate of drug-likeness (QED) is 0.472. The molecule has 3 aliphatic carbocycles. The number of nitrogens with zero attached hydrogens (tertiary/aromatic N) is 2. The predicted molar refractivity (Wildman–Crippen MR) is 104 cm³/mol. The Morgan fingerprint density at radius 1 is 0.964 bits per heavy atom. The van der Waals surface area contributed by atoms with Crippen LogP contribution in [0.5, 0.6) is 0 Å². The minimum atomic E-state index is -0.347. The van der Waals surface area contributed by atoms with Crippen LogP contribution in [0.15, 0.2) is 48.0 Å². The standard InChI is InChI=1S/C24H18N2O2/c25-13-16(14-26)21-18-5-2-1-4-17(18)19-6-3-7-20(22(19)21)23(27)28-24-10-8-15(12-24)9-11-24/h1-7,15H,8-12H2. The van der Waals surface area contributed by atoms with Crippen molar-refractivity contribution in [2.45, 2.75) is 37.7 Å². The summed E-state index contributed by atoms with van der Waals surface area (Å²) in [6.45, 7) is 0. The van der Waals surface area contributed by atoms with E-state index in [0.29, 0.717) is 22.6 Å². The van der Waals surface area contributed by atoms with Crippen molar-refractivity contribution in [1.82, 2.24) is 0 Å². The van der Waals surface area contributed by atoms with E-state index >= 15 is 0 Å². The third-order valence-corrected chi connectivity index (χ3v) is 6.48. The van der Waals surface area contributed by atoms with Gasteiger partial charge in [-0.2, -0.15) is 10.5 Å². The zero-order valence-corrected chi connectivity index (χ0v) is 15.4. The van der Waals surface area contributed by atoms with Gasteiger partial charge in [0.05, 0.1) is 5.56 Å². The number of esters is 1. The SMILES string of the molecule is N#CC(C#N)=C1c2ccccc2-c2cccc(C(=O)OC34CCC(CC3)C4)c21. The Kier molecular flexibility index (Phi) is 3.64. The fourth-order valence-electron chi connectivity index (χ4n) is 5.22. The van der Waals surface area contributed by atoms with Gasteiger partial charge in [-0.05, 0) is 60.8 Å². The Hall–Kier alpha value is -3.37. The van der Waals surface area contributed by atoms with Crippen LogP contribution in [0.25, 0.3) is 16.7 Å². The first kappa shape index (κ1) is 16.8. The van der Waals surface area contributed by atoms with Crippen molar-refractivity contribution >= 4 is 11.5 Å². The van der Waals surface area contributed by atoms with Gasteiger partial charge >= 0.3 is 5.97 Å². The highest BCUT2D eigenvalue weighted by Gasteiger charge is 2.48. The van der Waals surface area contributed by atoms with E-state index in [1.165, 1.54) is 0 Å². The lowest BCUT2D eigenvalue weighted by Gasteiger charge is -2.27. The van der Waals surface area contributed by atoms with E-state index in [-0.39, 0.29) is 17.1 Å². The van der Waals surface area contributed by atoms with Crippen LogP contribution in [0.4, 0.5) is 0 Å². The lowest BCUT2D eigenvalue weighted by molar-refractivity contribution is -0.0131. The maximum absolute atomic E-state index is 13.2. The molecule has 0 saturated heterocycles. The molecule has 5 rings (SSSR count). The molecule has 2 saturated carbocycles. The van der Waals surface area contributed by atoms with Gasteiger partial charge in [0.2, 0.25) is 0 Å². The largest absolute Gasteiger partial charge is 0.455 e. The van der Waals surface area contributed by atoms with Crippen molar-refractivity contribution in [3.8, 4) is 23.3 Å². The molecule has 2 bridgehead atoms. The zero-order valence-electron chi connectivity index (χ0n) is 15.4. The molecule has 0 heterocycles. The summed E-state index contributed by atoms with van der Waals surface area (Å²) in [7, 11) is 0. The molecule has 4 nitrogen and oxygen atoms in total. The Labute approximate surface area is 163 Å². The highest BCUT2D eigenvalue weighted by Crippen LogP contribution is 2.51. The lowest BCUT2D eigenvalue weighted by atomic mass is 9.94. The normalized spacial score (nSPS) is 23.5. The van der Waals surface area contributed by atoms with Crippen molar-refractivity contribution in [3.05, 3.63) is 64.7 Å². The van der Waals surface area contributed by atoms with Crippen molar-refractivity contribution in [2.75, 3.05) is 0 Å². The molecule has 0 radical (unpaired) electrons. The molecule has 0 aromatic heterocycles. The molecular formula is C24H18N2O2. The fourth-order valence-corrected chi connectivity index (χ4v) is 5.22. The Morgan fingerprint density at radius 2 is 1.64 bits per heavy atom. The van der Waals surface area contributed by atoms with Crippen molar-refractivity contribution in [1.29, 1.82) is 10.5 Å². The van der Waals surface area contributed by atoms with E-state index in [1.807, 2.05) is 48.5 Å². The van der Waals surface area contributed by atoms with Crippen LogP contribution in [0, 0.1) is 28.6 Å². The minimum Gasteiger partial charge on any atom is -0.455 e. The van der Waals surface area contributed by atoms with Crippen LogP contribution in [0.3, 0.4) is 0 Å². The Bertz CT molecular complexity index is 1110. The predicted octanol–water partition coefficient (Wildman–Crippen LogP) is 5.01. The number of benzene rings is 2. The van der Waals surface area contributed by atoms with Crippen LogP contribution >= 0.6 is 0 Å². The smallest absolute Gasteiger partial charge is 0.339 e. The lowest BCUT2D eigenvalue weighted by Crippen LogP contribution is -2.30. The first-order valence-corrected chi connectivity index (χ1v) is 9.67. The first-order chi connectivity index (χ1) is 13.7. The number of hydrogen-bond acceptors (Lipinski definition) is 4. The number of fused-ring (bicyclic) bond motifs is 5. The number of nitriles is 2. The third-order valence-electron chi connectivity index (χ3n) is 6.48. The molecule has 4 heteroatoms. The first-order valence-electron chi connectivity index (χ1n) is 9.67. The molecule has 2 aromatic rings. The summed E-state index contributed by atoms with van der Waals surface area (Å²) >= 11 is 0. The molecule has 3 aliphatic rings. The second kappa shape index (κ2) is 6.08. The average Bonchev–Trinajstić information content (AvgIpc) is 3.41. The summed E-state index contributed by atoms with van der Waals surface area (Å²) in [6.07, 6.45) is 5.08. The van der Waals surface area contributed by atoms with Gasteiger partial charge in [0.1, 0.15) is 23.3 Å². The maximum atomic E-state index is 13.2. The van der Waals surface area contributed by atoms with E-state index in [4.69, 9.17) is 4.74 Å². The molecule has 2 fully saturated rings. The number of ether oxygens (including phenoxy) is 1. The Morgan fingerprint density at radius 3 is 2.29 bits per heavy atom. The summed E-state index contributed by atoms with van der Waals surface area (Å²) in [5, 5.41) is 19.1. The van der Waals surface area contributed by atoms with Gasteiger partial charge < -0.3 is 4.74 Å². The second-order valence-electron chi connectivity index (χ2n) is 7.97. The second-order valence-corrected chi connectivity index (χ2v) is 7.97. The molecule has 0 N–H and O–H groups in total. The molecular weight excluding hydrogens is 348 g/mol. The topological polar surface area (TPSA) is 73.9 Å². The number of hydrogen-bond donors (Lipinski definition) is 0. The monoisotopic (exact) mass is 366 g/mol. The van der Waals surface area contributed by atoms with E-state index in [0.717, 1.165) is 48.8 Å². The average molecular weight is 366 g/mol. The number of rotatable bonds is 2. The van der Waals surface area contributed by atoms with Crippen LogP contribution < -0.4 is 0 Å². The summed E-state index contributed by atoms with van der Waals surface area (Å²) in [5.74, 6) is 0.331. The maximum Gasteiger partial charge on any atom is 0.339 e. The third kappa shape index (κ3) is 2.31. The van der Waals surface area contributed by atoms with Gasteiger partial charge in [-0.15, -0.1) is 0 Å². The molecule has 0 amide bonds. The summed E-state index contributed by atoms with van der Waals surface area (Å²) in [6, 6.07) is 17.2. The Balaban J connectivity index is 1.66. The van der Waals surface area contributed by atoms with Gasteiger partial charge in [0.15, 0.2) is 0 Å². The number of carbonyl (C=O) groups excluding carboxylic acids is 1. The summed E-state index contributed by atoms with van der Waals surface area (Å²) in [4.78, 5) is 13.2. The van der Waals surface area contributed by atoms with E-state index in [1.54, 1.807) is 6.07 Å². The van der Waals surface area contributed by atoms with Crippen LogP contribution in [0.2, 0.25) is 0 Å². The number of allylic oxidation sites excluding steroid dienone is 1. The summed E-state index contributed by atoms with van der Waals surface area (Å²) < 4.78 is 6.07. The molecule has 28 heavy (non-hydrogen) atoms. The van der Waals surface area contributed by atoms with Gasteiger partial charge in [0.25, 0.3) is 0 Å². The molecule has 0 spiro atoms. The molecule has 0 aliphatic heterocycles. The highest BCUT2D eigenvalue weighted by molar-refractivity contribution is 6.10. The fraction of sp³-hybridized carbons (Fsp3) is 0.292. The van der Waals surface area contributed by atoms with Crippen LogP contribution in [0.1, 0.15) is 53.6 Å². The van der Waals surface area contributed by atoms with Crippen molar-refractivity contribution < 1.29 is 9.53 Å². The van der Waals surface area contributed by atoms with Gasteiger partial charge in [0, 0.05) is 11.1 Å². The van der Waals surface area contributed by atoms with E-state index in [2.05, 4.69) is 0 Å². The zero-order chi connectivity index (χ0) is 19.3. The van der Waals surface area contributed by atoms with Crippen molar-refractivity contribution in [3.63, 3.8) is 0 Å². The van der Waals surface area contributed by atoms with Crippen LogP contribution in [-0.4, -0.2) is 11.6 Å². The number of carbonyl (C=O) groups is 1. The van der Waals surface area contributed by atoms with Gasteiger partial charge in [-0.3, -0.25) is 0 Å². The summed E-state index contributed by atoms with van der Waals surface area (Å²) in [5.41, 5.74) is 3.94. The van der Waals surface area contributed by atoms with Crippen LogP contribution in [-0.2, 0) is 4.74 Å². The molecule has 0 unspecified atom stereocenters. The van der Waals surface area contributed by atoms with Gasteiger partial charge in [-0.25, -0.2) is 4.79 Å².